The van der Waals surface area contributed by atoms with Crippen LogP contribution in [0.25, 0.3) is 6.08 Å². The molecule has 108 valence electrons. The molecule has 0 unspecified atom stereocenters. The number of benzene rings is 2. The summed E-state index contributed by atoms with van der Waals surface area (Å²) in [6, 6.07) is 15.5. The highest BCUT2D eigenvalue weighted by molar-refractivity contribution is 5.92. The highest BCUT2D eigenvalue weighted by Gasteiger charge is 2.07. The van der Waals surface area contributed by atoms with Gasteiger partial charge in [0.25, 0.3) is 0 Å². The Morgan fingerprint density at radius 3 is 2.57 bits per heavy atom. The van der Waals surface area contributed by atoms with E-state index in [0.29, 0.717) is 5.69 Å². The molecule has 0 spiro atoms. The van der Waals surface area contributed by atoms with E-state index in [-0.39, 0.29) is 11.9 Å². The van der Waals surface area contributed by atoms with Crippen LogP contribution < -0.4 is 11.1 Å². The lowest BCUT2D eigenvalue weighted by molar-refractivity contribution is -0.117. The zero-order valence-electron chi connectivity index (χ0n) is 12.3. The average Bonchev–Trinajstić information content (AvgIpc) is 2.46. The van der Waals surface area contributed by atoms with Crippen LogP contribution in [-0.2, 0) is 4.79 Å². The van der Waals surface area contributed by atoms with Gasteiger partial charge in [-0.2, -0.15) is 0 Å². The maximum absolute atomic E-state index is 11.9. The summed E-state index contributed by atoms with van der Waals surface area (Å²) in [5.41, 5.74) is 9.57. The van der Waals surface area contributed by atoms with Gasteiger partial charge < -0.3 is 11.1 Å². The second-order valence-electron chi connectivity index (χ2n) is 5.14. The number of nitrogen functional groups attached to an aromatic ring is 1. The molecule has 1 atom stereocenters. The van der Waals surface area contributed by atoms with E-state index < -0.39 is 0 Å². The number of hydrogen-bond donors (Lipinski definition) is 2. The molecular weight excluding hydrogens is 260 g/mol. The number of aryl methyl sites for hydroxylation is 1. The highest BCUT2D eigenvalue weighted by atomic mass is 16.1. The number of rotatable bonds is 4. The Balaban J connectivity index is 1.96. The fourth-order valence-corrected chi connectivity index (χ4v) is 2.06. The van der Waals surface area contributed by atoms with Gasteiger partial charge in [0.15, 0.2) is 0 Å². The van der Waals surface area contributed by atoms with Gasteiger partial charge in [-0.05, 0) is 43.2 Å². The van der Waals surface area contributed by atoms with Crippen LogP contribution in [0.1, 0.15) is 29.7 Å². The van der Waals surface area contributed by atoms with Crippen molar-refractivity contribution in [3.63, 3.8) is 0 Å². The lowest BCUT2D eigenvalue weighted by Gasteiger charge is -2.13. The molecule has 0 fully saturated rings. The first-order valence-corrected chi connectivity index (χ1v) is 6.95. The normalized spacial score (nSPS) is 12.3. The van der Waals surface area contributed by atoms with Crippen molar-refractivity contribution in [1.29, 1.82) is 0 Å². The first kappa shape index (κ1) is 14.9. The minimum Gasteiger partial charge on any atom is -0.399 e. The molecule has 2 aromatic carbocycles. The summed E-state index contributed by atoms with van der Waals surface area (Å²) in [5, 5.41) is 2.95. The van der Waals surface area contributed by atoms with Crippen LogP contribution in [0, 0.1) is 6.92 Å². The van der Waals surface area contributed by atoms with Gasteiger partial charge in [0, 0.05) is 11.8 Å². The number of nitrogens with one attached hydrogen (secondary N) is 1. The Kier molecular flexibility index (Phi) is 4.77. The predicted molar refractivity (Wildman–Crippen MR) is 87.6 cm³/mol. The summed E-state index contributed by atoms with van der Waals surface area (Å²) in [4.78, 5) is 11.9. The molecule has 2 aromatic rings. The second-order valence-corrected chi connectivity index (χ2v) is 5.14. The minimum absolute atomic E-state index is 0.0199. The van der Waals surface area contributed by atoms with Crippen molar-refractivity contribution in [2.75, 3.05) is 5.73 Å². The molecule has 0 saturated heterocycles. The number of hydrogen-bond acceptors (Lipinski definition) is 2. The first-order chi connectivity index (χ1) is 10.0. The first-order valence-electron chi connectivity index (χ1n) is 6.95. The zero-order valence-corrected chi connectivity index (χ0v) is 12.3. The van der Waals surface area contributed by atoms with Crippen LogP contribution >= 0.6 is 0 Å². The van der Waals surface area contributed by atoms with E-state index in [2.05, 4.69) is 11.4 Å². The standard InChI is InChI=1S/C18H20N2O/c1-13-4-3-5-16(12-13)14(2)20-18(21)11-8-15-6-9-17(19)10-7-15/h3-12,14H,19H2,1-2H3,(H,20,21)/b11-8+/t14-/m1/s1. The fourth-order valence-electron chi connectivity index (χ4n) is 2.06. The third-order valence-corrected chi connectivity index (χ3v) is 3.26. The van der Waals surface area contributed by atoms with Gasteiger partial charge in [-0.3, -0.25) is 4.79 Å². The zero-order chi connectivity index (χ0) is 15.2. The fraction of sp³-hybridized carbons (Fsp3) is 0.167. The van der Waals surface area contributed by atoms with Crippen molar-refractivity contribution in [3.8, 4) is 0 Å². The lowest BCUT2D eigenvalue weighted by atomic mass is 10.1. The number of amides is 1. The molecule has 3 N–H and O–H groups in total. The maximum atomic E-state index is 11.9. The number of anilines is 1. The molecule has 0 aliphatic heterocycles. The molecule has 3 heteroatoms. The lowest BCUT2D eigenvalue weighted by Crippen LogP contribution is -2.24. The summed E-state index contributed by atoms with van der Waals surface area (Å²) >= 11 is 0. The number of nitrogens with two attached hydrogens (primary N) is 1. The van der Waals surface area contributed by atoms with Crippen LogP contribution in [0.4, 0.5) is 5.69 Å². The topological polar surface area (TPSA) is 55.1 Å². The number of carbonyl (C=O) groups is 1. The molecule has 0 aromatic heterocycles. The summed E-state index contributed by atoms with van der Waals surface area (Å²) < 4.78 is 0. The van der Waals surface area contributed by atoms with Gasteiger partial charge in [0.05, 0.1) is 6.04 Å². The molecule has 0 heterocycles. The Morgan fingerprint density at radius 2 is 1.90 bits per heavy atom. The summed E-state index contributed by atoms with van der Waals surface area (Å²) in [7, 11) is 0. The average molecular weight is 280 g/mol. The molecule has 3 nitrogen and oxygen atoms in total. The third kappa shape index (κ3) is 4.49. The van der Waals surface area contributed by atoms with Crippen LogP contribution in [0.2, 0.25) is 0 Å². The SMILES string of the molecule is Cc1cccc([C@@H](C)NC(=O)/C=C/c2ccc(N)cc2)c1. The largest absolute Gasteiger partial charge is 0.399 e. The van der Waals surface area contributed by atoms with Gasteiger partial charge in [-0.25, -0.2) is 0 Å². The molecule has 0 bridgehead atoms. The predicted octanol–water partition coefficient (Wildman–Crippen LogP) is 3.47. The third-order valence-electron chi connectivity index (χ3n) is 3.26. The van der Waals surface area contributed by atoms with Crippen molar-refractivity contribution in [2.24, 2.45) is 0 Å². The molecule has 21 heavy (non-hydrogen) atoms. The van der Waals surface area contributed by atoms with Crippen molar-refractivity contribution in [2.45, 2.75) is 19.9 Å². The molecular formula is C18H20N2O. The van der Waals surface area contributed by atoms with Crippen molar-refractivity contribution < 1.29 is 4.79 Å². The molecule has 0 saturated carbocycles. The van der Waals surface area contributed by atoms with E-state index in [1.54, 1.807) is 6.08 Å². The highest BCUT2D eigenvalue weighted by Crippen LogP contribution is 2.14. The number of carbonyl (C=O) groups excluding carboxylic acids is 1. The van der Waals surface area contributed by atoms with Crippen molar-refractivity contribution in [3.05, 3.63) is 71.3 Å². The van der Waals surface area contributed by atoms with Crippen molar-refractivity contribution >= 4 is 17.7 Å². The van der Waals surface area contributed by atoms with E-state index in [1.165, 1.54) is 11.6 Å². The van der Waals surface area contributed by atoms with E-state index in [9.17, 15) is 4.79 Å². The Bertz CT molecular complexity index is 645. The van der Waals surface area contributed by atoms with Crippen LogP contribution in [0.5, 0.6) is 0 Å². The van der Waals surface area contributed by atoms with Gasteiger partial charge in [0.1, 0.15) is 0 Å². The van der Waals surface area contributed by atoms with Crippen LogP contribution in [-0.4, -0.2) is 5.91 Å². The summed E-state index contributed by atoms with van der Waals surface area (Å²) in [6.45, 7) is 4.02. The smallest absolute Gasteiger partial charge is 0.244 e. The van der Waals surface area contributed by atoms with Crippen molar-refractivity contribution in [1.82, 2.24) is 5.32 Å². The van der Waals surface area contributed by atoms with E-state index in [1.807, 2.05) is 56.3 Å². The van der Waals surface area contributed by atoms with Crippen LogP contribution in [0.15, 0.2) is 54.6 Å². The van der Waals surface area contributed by atoms with E-state index in [4.69, 9.17) is 5.73 Å². The monoisotopic (exact) mass is 280 g/mol. The van der Waals surface area contributed by atoms with Gasteiger partial charge in [-0.15, -0.1) is 0 Å². The Labute approximate surface area is 125 Å². The van der Waals surface area contributed by atoms with Crippen LogP contribution in [0.3, 0.4) is 0 Å². The molecule has 2 rings (SSSR count). The molecule has 0 aliphatic carbocycles. The summed E-state index contributed by atoms with van der Waals surface area (Å²) in [5.74, 6) is -0.110. The maximum Gasteiger partial charge on any atom is 0.244 e. The minimum atomic E-state index is -0.110. The van der Waals surface area contributed by atoms with Gasteiger partial charge in [0.2, 0.25) is 5.91 Å². The Hall–Kier alpha value is -2.55. The van der Waals surface area contributed by atoms with E-state index >= 15 is 0 Å². The molecule has 0 radical (unpaired) electrons. The summed E-state index contributed by atoms with van der Waals surface area (Å²) in [6.07, 6.45) is 3.32. The van der Waals surface area contributed by atoms with Gasteiger partial charge >= 0.3 is 0 Å². The molecule has 1 amide bonds. The quantitative estimate of drug-likeness (QED) is 0.665. The Morgan fingerprint density at radius 1 is 1.19 bits per heavy atom. The molecule has 0 aliphatic rings. The van der Waals surface area contributed by atoms with E-state index in [0.717, 1.165) is 11.1 Å². The van der Waals surface area contributed by atoms with Gasteiger partial charge in [-0.1, -0.05) is 42.0 Å². The second kappa shape index (κ2) is 6.75.